The fraction of sp³-hybridized carbons (Fsp3) is 0.778. The van der Waals surface area contributed by atoms with Gasteiger partial charge in [-0.1, -0.05) is 24.2 Å². The van der Waals surface area contributed by atoms with Crippen LogP contribution in [0.2, 0.25) is 0 Å². The number of oxime groups is 2. The van der Waals surface area contributed by atoms with Gasteiger partial charge in [0.25, 0.3) is 0 Å². The van der Waals surface area contributed by atoms with Crippen molar-refractivity contribution in [3.05, 3.63) is 0 Å². The Bertz CT molecular complexity index is 262. The molecule has 0 heterocycles. The predicted octanol–water partition coefficient (Wildman–Crippen LogP) is 0.388. The molecule has 6 nitrogen and oxygen atoms in total. The lowest BCUT2D eigenvalue weighted by atomic mass is 9.86. The van der Waals surface area contributed by atoms with E-state index >= 15 is 0 Å². The molecule has 0 bridgehead atoms. The maximum absolute atomic E-state index is 8.69. The van der Waals surface area contributed by atoms with Crippen molar-refractivity contribution in [1.82, 2.24) is 0 Å². The highest BCUT2D eigenvalue weighted by Gasteiger charge is 2.43. The molecule has 1 aliphatic rings. The SMILES string of the molecule is CC1CC(C)C(/C(N)=N\O)C1/C(N)=N/O. The zero-order valence-corrected chi connectivity index (χ0v) is 8.96. The topological polar surface area (TPSA) is 117 Å². The summed E-state index contributed by atoms with van der Waals surface area (Å²) < 4.78 is 0. The highest BCUT2D eigenvalue weighted by molar-refractivity contribution is 5.92. The Morgan fingerprint density at radius 3 is 1.60 bits per heavy atom. The van der Waals surface area contributed by atoms with Crippen LogP contribution in [-0.4, -0.2) is 22.1 Å². The van der Waals surface area contributed by atoms with E-state index in [2.05, 4.69) is 10.3 Å². The van der Waals surface area contributed by atoms with E-state index in [0.29, 0.717) is 0 Å². The number of nitrogens with two attached hydrogens (primary N) is 2. The van der Waals surface area contributed by atoms with Crippen LogP contribution in [0.15, 0.2) is 10.3 Å². The van der Waals surface area contributed by atoms with Crippen LogP contribution >= 0.6 is 0 Å². The smallest absolute Gasteiger partial charge is 0.143 e. The van der Waals surface area contributed by atoms with Gasteiger partial charge in [0, 0.05) is 11.8 Å². The molecule has 6 heteroatoms. The first kappa shape index (κ1) is 11.6. The van der Waals surface area contributed by atoms with Gasteiger partial charge < -0.3 is 21.9 Å². The number of hydrogen-bond acceptors (Lipinski definition) is 4. The summed E-state index contributed by atoms with van der Waals surface area (Å²) in [6, 6.07) is 0. The largest absolute Gasteiger partial charge is 0.409 e. The quantitative estimate of drug-likeness (QED) is 0.230. The number of rotatable bonds is 2. The Morgan fingerprint density at radius 2 is 1.33 bits per heavy atom. The second-order valence-corrected chi connectivity index (χ2v) is 4.29. The molecule has 0 saturated heterocycles. The summed E-state index contributed by atoms with van der Waals surface area (Å²) in [5.41, 5.74) is 11.2. The van der Waals surface area contributed by atoms with Crippen molar-refractivity contribution in [3.8, 4) is 0 Å². The first-order valence-electron chi connectivity index (χ1n) is 4.97. The Morgan fingerprint density at radius 1 is 1.00 bits per heavy atom. The second-order valence-electron chi connectivity index (χ2n) is 4.29. The van der Waals surface area contributed by atoms with Crippen molar-refractivity contribution < 1.29 is 10.4 Å². The summed E-state index contributed by atoms with van der Waals surface area (Å²) in [5.74, 6) is 0.538. The summed E-state index contributed by atoms with van der Waals surface area (Å²) in [7, 11) is 0. The van der Waals surface area contributed by atoms with Crippen molar-refractivity contribution in [3.63, 3.8) is 0 Å². The molecular formula is C9H18N4O2. The Balaban J connectivity index is 3.00. The van der Waals surface area contributed by atoms with Crippen LogP contribution in [0.5, 0.6) is 0 Å². The van der Waals surface area contributed by atoms with E-state index in [1.807, 2.05) is 13.8 Å². The third kappa shape index (κ3) is 1.98. The molecule has 0 aromatic heterocycles. The van der Waals surface area contributed by atoms with Gasteiger partial charge in [0.15, 0.2) is 0 Å². The molecule has 4 atom stereocenters. The van der Waals surface area contributed by atoms with E-state index < -0.39 is 0 Å². The minimum atomic E-state index is -0.152. The van der Waals surface area contributed by atoms with Crippen LogP contribution in [0.4, 0.5) is 0 Å². The van der Waals surface area contributed by atoms with Crippen LogP contribution < -0.4 is 11.5 Å². The van der Waals surface area contributed by atoms with E-state index in [4.69, 9.17) is 21.9 Å². The van der Waals surface area contributed by atoms with E-state index in [0.717, 1.165) is 6.42 Å². The normalized spacial score (nSPS) is 38.3. The van der Waals surface area contributed by atoms with Crippen molar-refractivity contribution in [2.75, 3.05) is 0 Å². The highest BCUT2D eigenvalue weighted by atomic mass is 16.4. The Labute approximate surface area is 88.6 Å². The molecule has 0 aliphatic heterocycles. The van der Waals surface area contributed by atoms with Crippen LogP contribution in [0.1, 0.15) is 20.3 Å². The van der Waals surface area contributed by atoms with Gasteiger partial charge in [-0.2, -0.15) is 0 Å². The summed E-state index contributed by atoms with van der Waals surface area (Å²) >= 11 is 0. The molecule has 15 heavy (non-hydrogen) atoms. The molecule has 1 rings (SSSR count). The molecule has 0 aromatic rings. The van der Waals surface area contributed by atoms with E-state index in [1.54, 1.807) is 0 Å². The van der Waals surface area contributed by atoms with Gasteiger partial charge in [-0.25, -0.2) is 0 Å². The molecule has 0 radical (unpaired) electrons. The summed E-state index contributed by atoms with van der Waals surface area (Å²) in [5, 5.41) is 23.4. The first-order chi connectivity index (χ1) is 7.02. The summed E-state index contributed by atoms with van der Waals surface area (Å²) in [4.78, 5) is 0. The van der Waals surface area contributed by atoms with Gasteiger partial charge in [-0.05, 0) is 18.3 Å². The maximum Gasteiger partial charge on any atom is 0.143 e. The zero-order chi connectivity index (χ0) is 11.6. The fourth-order valence-electron chi connectivity index (χ4n) is 2.67. The molecule has 1 fully saturated rings. The standard InChI is InChI=1S/C9H18N4O2/c1-4-3-5(2)7(9(11)13-15)6(4)8(10)12-14/h4-7,14-15H,3H2,1-2H3,(H2,10,12)(H2,11,13). The molecule has 86 valence electrons. The van der Waals surface area contributed by atoms with Crippen molar-refractivity contribution in [2.45, 2.75) is 20.3 Å². The maximum atomic E-state index is 8.69. The predicted molar refractivity (Wildman–Crippen MR) is 56.7 cm³/mol. The van der Waals surface area contributed by atoms with E-state index in [1.165, 1.54) is 0 Å². The Kier molecular flexibility index (Phi) is 3.39. The second kappa shape index (κ2) is 4.37. The minimum absolute atomic E-state index is 0.152. The lowest BCUT2D eigenvalue weighted by molar-refractivity contribution is 0.301. The van der Waals surface area contributed by atoms with Crippen LogP contribution in [0.3, 0.4) is 0 Å². The van der Waals surface area contributed by atoms with Crippen molar-refractivity contribution >= 4 is 11.7 Å². The van der Waals surface area contributed by atoms with E-state index in [9.17, 15) is 0 Å². The molecule has 6 N–H and O–H groups in total. The van der Waals surface area contributed by atoms with Crippen LogP contribution in [-0.2, 0) is 0 Å². The average molecular weight is 214 g/mol. The Hall–Kier alpha value is -1.46. The molecule has 1 aliphatic carbocycles. The van der Waals surface area contributed by atoms with Crippen molar-refractivity contribution in [1.29, 1.82) is 0 Å². The molecule has 0 amide bonds. The lowest BCUT2D eigenvalue weighted by Gasteiger charge is -2.22. The molecule has 0 spiro atoms. The third-order valence-electron chi connectivity index (χ3n) is 3.27. The molecule has 0 aromatic carbocycles. The first-order valence-corrected chi connectivity index (χ1v) is 4.97. The van der Waals surface area contributed by atoms with Gasteiger partial charge >= 0.3 is 0 Å². The molecule has 4 unspecified atom stereocenters. The summed E-state index contributed by atoms with van der Waals surface area (Å²) in [6.07, 6.45) is 0.918. The number of amidine groups is 2. The minimum Gasteiger partial charge on any atom is -0.409 e. The third-order valence-corrected chi connectivity index (χ3v) is 3.27. The van der Waals surface area contributed by atoms with Gasteiger partial charge in [-0.15, -0.1) is 0 Å². The van der Waals surface area contributed by atoms with E-state index in [-0.39, 0.29) is 35.3 Å². The summed E-state index contributed by atoms with van der Waals surface area (Å²) in [6.45, 7) is 4.04. The molecular weight excluding hydrogens is 196 g/mol. The number of nitrogens with zero attached hydrogens (tertiary/aromatic N) is 2. The lowest BCUT2D eigenvalue weighted by Crippen LogP contribution is -2.38. The van der Waals surface area contributed by atoms with Gasteiger partial charge in [-0.3, -0.25) is 0 Å². The average Bonchev–Trinajstić information content (AvgIpc) is 2.51. The van der Waals surface area contributed by atoms with Crippen molar-refractivity contribution in [2.24, 2.45) is 45.5 Å². The number of hydrogen-bond donors (Lipinski definition) is 4. The highest BCUT2D eigenvalue weighted by Crippen LogP contribution is 2.41. The van der Waals surface area contributed by atoms with Crippen LogP contribution in [0.25, 0.3) is 0 Å². The fourth-order valence-corrected chi connectivity index (χ4v) is 2.67. The van der Waals surface area contributed by atoms with Gasteiger partial charge in [0.05, 0.1) is 0 Å². The van der Waals surface area contributed by atoms with Gasteiger partial charge in [0.2, 0.25) is 0 Å². The van der Waals surface area contributed by atoms with Crippen LogP contribution in [0, 0.1) is 23.7 Å². The van der Waals surface area contributed by atoms with Gasteiger partial charge in [0.1, 0.15) is 11.7 Å². The monoisotopic (exact) mass is 214 g/mol. The zero-order valence-electron chi connectivity index (χ0n) is 8.96. The molecule has 1 saturated carbocycles.